The van der Waals surface area contributed by atoms with Gasteiger partial charge in [-0.25, -0.2) is 4.79 Å². The molecule has 150 valence electrons. The molecule has 0 aliphatic carbocycles. The predicted molar refractivity (Wildman–Crippen MR) is 96.2 cm³/mol. The van der Waals surface area contributed by atoms with Crippen molar-refractivity contribution in [3.05, 3.63) is 0 Å². The Bertz CT molecular complexity index is 491. The maximum Gasteiger partial charge on any atom is 0.329 e. The average Bonchev–Trinajstić information content (AvgIpc) is 2.44. The van der Waals surface area contributed by atoms with Gasteiger partial charge in [0.1, 0.15) is 17.2 Å². The lowest BCUT2D eigenvalue weighted by molar-refractivity contribution is -0.158. The summed E-state index contributed by atoms with van der Waals surface area (Å²) >= 11 is 0. The molecule has 0 bridgehead atoms. The van der Waals surface area contributed by atoms with Gasteiger partial charge in [-0.2, -0.15) is 0 Å². The molecule has 2 N–H and O–H groups in total. The highest BCUT2D eigenvalue weighted by Gasteiger charge is 2.25. The van der Waals surface area contributed by atoms with E-state index in [2.05, 4.69) is 10.6 Å². The van der Waals surface area contributed by atoms with Crippen LogP contribution in [0.3, 0.4) is 0 Å². The van der Waals surface area contributed by atoms with E-state index in [1.807, 2.05) is 0 Å². The van der Waals surface area contributed by atoms with Crippen LogP contribution in [-0.4, -0.2) is 48.0 Å². The number of esters is 2. The van der Waals surface area contributed by atoms with Gasteiger partial charge in [-0.15, -0.1) is 0 Å². The molecule has 0 aromatic carbocycles. The predicted octanol–water partition coefficient (Wildman–Crippen LogP) is 1.46. The summed E-state index contributed by atoms with van der Waals surface area (Å²) in [5.74, 6) is -1.16. The van der Waals surface area contributed by atoms with Gasteiger partial charge in [-0.05, 0) is 54.4 Å². The highest BCUT2D eigenvalue weighted by molar-refractivity contribution is 5.81. The van der Waals surface area contributed by atoms with E-state index in [9.17, 15) is 19.2 Å². The number of carbonyl (C=O) groups excluding carboxylic acids is 4. The van der Waals surface area contributed by atoms with Crippen LogP contribution in [0.4, 0.5) is 0 Å². The fourth-order valence-corrected chi connectivity index (χ4v) is 1.94. The zero-order chi connectivity index (χ0) is 20.4. The molecule has 0 heterocycles. The number of ether oxygens (including phenoxy) is 2. The Morgan fingerprint density at radius 2 is 1.54 bits per heavy atom. The molecule has 0 aliphatic rings. The summed E-state index contributed by atoms with van der Waals surface area (Å²) in [6.07, 6.45) is 1.27. The number of carbonyl (C=O) groups is 4. The lowest BCUT2D eigenvalue weighted by Crippen LogP contribution is -2.41. The molecule has 0 aromatic rings. The van der Waals surface area contributed by atoms with Gasteiger partial charge in [0.05, 0.1) is 0 Å². The van der Waals surface area contributed by atoms with Gasteiger partial charge in [0, 0.05) is 19.4 Å². The molecule has 0 rings (SSSR count). The van der Waals surface area contributed by atoms with Crippen molar-refractivity contribution in [1.29, 1.82) is 0 Å². The summed E-state index contributed by atoms with van der Waals surface area (Å²) in [5, 5.41) is 5.04. The minimum atomic E-state index is -0.876. The third-order valence-electron chi connectivity index (χ3n) is 2.92. The molecule has 2 amide bonds. The molecule has 1 unspecified atom stereocenters. The molecule has 0 spiro atoms. The van der Waals surface area contributed by atoms with Crippen LogP contribution in [0.15, 0.2) is 0 Å². The standard InChI is InChI=1S/C18H32N2O6/c1-17(2,3)25-15(23)8-7-11-19-14(22)10-9-13(20-12-21)16(24)26-18(4,5)6/h12-13H,7-11H2,1-6H3,(H,19,22)(H,20,21). The second-order valence-corrected chi connectivity index (χ2v) is 7.95. The van der Waals surface area contributed by atoms with Crippen LogP contribution in [0.2, 0.25) is 0 Å². The van der Waals surface area contributed by atoms with Crippen molar-refractivity contribution >= 4 is 24.3 Å². The zero-order valence-electron chi connectivity index (χ0n) is 16.6. The lowest BCUT2D eigenvalue weighted by atomic mass is 10.1. The largest absolute Gasteiger partial charge is 0.460 e. The molecule has 8 heteroatoms. The summed E-state index contributed by atoms with van der Waals surface area (Å²) < 4.78 is 10.4. The van der Waals surface area contributed by atoms with Crippen molar-refractivity contribution in [1.82, 2.24) is 10.6 Å². The zero-order valence-corrected chi connectivity index (χ0v) is 16.6. The Balaban J connectivity index is 4.15. The minimum Gasteiger partial charge on any atom is -0.460 e. The van der Waals surface area contributed by atoms with Crippen LogP contribution in [-0.2, 0) is 28.7 Å². The fourth-order valence-electron chi connectivity index (χ4n) is 1.94. The van der Waals surface area contributed by atoms with Crippen LogP contribution in [0.1, 0.15) is 67.2 Å². The molecular weight excluding hydrogens is 340 g/mol. The van der Waals surface area contributed by atoms with E-state index in [0.29, 0.717) is 19.4 Å². The van der Waals surface area contributed by atoms with E-state index < -0.39 is 23.2 Å². The highest BCUT2D eigenvalue weighted by atomic mass is 16.6. The molecule has 0 radical (unpaired) electrons. The summed E-state index contributed by atoms with van der Waals surface area (Å²) in [7, 11) is 0. The van der Waals surface area contributed by atoms with E-state index in [-0.39, 0.29) is 31.1 Å². The van der Waals surface area contributed by atoms with Gasteiger partial charge in [0.15, 0.2) is 0 Å². The number of hydrogen-bond acceptors (Lipinski definition) is 6. The number of hydrogen-bond donors (Lipinski definition) is 2. The first-order valence-corrected chi connectivity index (χ1v) is 8.75. The second kappa shape index (κ2) is 10.8. The van der Waals surface area contributed by atoms with Crippen LogP contribution >= 0.6 is 0 Å². The monoisotopic (exact) mass is 372 g/mol. The quantitative estimate of drug-likeness (QED) is 0.341. The summed E-state index contributed by atoms with van der Waals surface area (Å²) in [6, 6.07) is -0.876. The Kier molecular flexibility index (Phi) is 9.90. The Labute approximate surface area is 155 Å². The highest BCUT2D eigenvalue weighted by Crippen LogP contribution is 2.11. The van der Waals surface area contributed by atoms with Gasteiger partial charge in [0.2, 0.25) is 12.3 Å². The van der Waals surface area contributed by atoms with E-state index in [1.54, 1.807) is 41.5 Å². The smallest absolute Gasteiger partial charge is 0.329 e. The Hall–Kier alpha value is -2.12. The topological polar surface area (TPSA) is 111 Å². The Morgan fingerprint density at radius 1 is 0.962 bits per heavy atom. The van der Waals surface area contributed by atoms with Crippen molar-refractivity contribution < 1.29 is 28.7 Å². The van der Waals surface area contributed by atoms with Crippen LogP contribution in [0.25, 0.3) is 0 Å². The van der Waals surface area contributed by atoms with Crippen LogP contribution in [0, 0.1) is 0 Å². The number of amides is 2. The van der Waals surface area contributed by atoms with Gasteiger partial charge < -0.3 is 20.1 Å². The van der Waals surface area contributed by atoms with E-state index in [0.717, 1.165) is 0 Å². The molecule has 8 nitrogen and oxygen atoms in total. The fraction of sp³-hybridized carbons (Fsp3) is 0.778. The van der Waals surface area contributed by atoms with Crippen molar-refractivity contribution in [3.63, 3.8) is 0 Å². The third-order valence-corrected chi connectivity index (χ3v) is 2.92. The SMILES string of the molecule is CC(C)(C)OC(=O)CCCNC(=O)CCC(NC=O)C(=O)OC(C)(C)C. The van der Waals surface area contributed by atoms with Gasteiger partial charge in [0.25, 0.3) is 0 Å². The first kappa shape index (κ1) is 23.9. The van der Waals surface area contributed by atoms with Crippen molar-refractivity contribution in [2.45, 2.75) is 84.5 Å². The maximum atomic E-state index is 12.0. The van der Waals surface area contributed by atoms with E-state index in [1.165, 1.54) is 0 Å². The van der Waals surface area contributed by atoms with E-state index >= 15 is 0 Å². The third kappa shape index (κ3) is 13.2. The van der Waals surface area contributed by atoms with Crippen molar-refractivity contribution in [2.75, 3.05) is 6.54 Å². The summed E-state index contributed by atoms with van der Waals surface area (Å²) in [6.45, 7) is 10.9. The summed E-state index contributed by atoms with van der Waals surface area (Å²) in [4.78, 5) is 46.0. The number of rotatable bonds is 10. The lowest BCUT2D eigenvalue weighted by Gasteiger charge is -2.23. The van der Waals surface area contributed by atoms with Crippen LogP contribution in [0.5, 0.6) is 0 Å². The molecule has 0 saturated heterocycles. The van der Waals surface area contributed by atoms with Crippen LogP contribution < -0.4 is 10.6 Å². The first-order chi connectivity index (χ1) is 11.8. The molecule has 26 heavy (non-hydrogen) atoms. The second-order valence-electron chi connectivity index (χ2n) is 7.95. The van der Waals surface area contributed by atoms with Gasteiger partial charge in [-0.1, -0.05) is 0 Å². The number of nitrogens with one attached hydrogen (secondary N) is 2. The van der Waals surface area contributed by atoms with E-state index in [4.69, 9.17) is 9.47 Å². The molecule has 0 fully saturated rings. The molecular formula is C18H32N2O6. The minimum absolute atomic E-state index is 0.0528. The van der Waals surface area contributed by atoms with Crippen molar-refractivity contribution in [3.8, 4) is 0 Å². The normalized spacial score (nSPS) is 12.7. The molecule has 0 aliphatic heterocycles. The van der Waals surface area contributed by atoms with Gasteiger partial charge in [-0.3, -0.25) is 14.4 Å². The summed E-state index contributed by atoms with van der Waals surface area (Å²) in [5.41, 5.74) is -1.20. The Morgan fingerprint density at radius 3 is 2.04 bits per heavy atom. The first-order valence-electron chi connectivity index (χ1n) is 8.75. The molecule has 0 saturated carbocycles. The average molecular weight is 372 g/mol. The van der Waals surface area contributed by atoms with Crippen molar-refractivity contribution in [2.24, 2.45) is 0 Å². The molecule has 0 aromatic heterocycles. The van der Waals surface area contributed by atoms with Gasteiger partial charge >= 0.3 is 11.9 Å². The maximum absolute atomic E-state index is 12.0. The molecule has 1 atom stereocenters.